The summed E-state index contributed by atoms with van der Waals surface area (Å²) in [6, 6.07) is 14.0. The van der Waals surface area contributed by atoms with Gasteiger partial charge in [-0.25, -0.2) is 4.79 Å². The van der Waals surface area contributed by atoms with Crippen molar-refractivity contribution in [1.29, 1.82) is 0 Å². The van der Waals surface area contributed by atoms with Crippen molar-refractivity contribution in [3.8, 4) is 5.75 Å². The highest BCUT2D eigenvalue weighted by Crippen LogP contribution is 2.24. The largest absolute Gasteiger partial charge is 0.488 e. The Kier molecular flexibility index (Phi) is 11.5. The Bertz CT molecular complexity index is 1260. The first-order valence-electron chi connectivity index (χ1n) is 14.0. The van der Waals surface area contributed by atoms with Gasteiger partial charge in [0.25, 0.3) is 0 Å². The van der Waals surface area contributed by atoms with Crippen molar-refractivity contribution in [3.63, 3.8) is 0 Å². The highest BCUT2D eigenvalue weighted by Gasteiger charge is 2.34. The fourth-order valence-electron chi connectivity index (χ4n) is 4.62. The topological polar surface area (TPSA) is 99.2 Å². The van der Waals surface area contributed by atoms with Crippen LogP contribution in [0.15, 0.2) is 60.9 Å². The van der Waals surface area contributed by atoms with Gasteiger partial charge in [0.05, 0.1) is 13.2 Å². The summed E-state index contributed by atoms with van der Waals surface area (Å²) < 4.78 is 22.6. The summed E-state index contributed by atoms with van der Waals surface area (Å²) in [6.07, 6.45) is 2.44. The molecular formula is C32H43N3O6. The van der Waals surface area contributed by atoms with Crippen molar-refractivity contribution in [3.05, 3.63) is 72.1 Å². The first kappa shape index (κ1) is 31.8. The van der Waals surface area contributed by atoms with Crippen molar-refractivity contribution in [2.75, 3.05) is 20.3 Å². The molecule has 0 aliphatic rings. The SMILES string of the molecule is CCOC(OCC)[C@H](C)N(Cc1cccc2cnccc12)C(=O)[C@H](Cc1ccc(OC(C)(C)C)cc1)NC(=O)OC. The molecule has 0 unspecified atom stereocenters. The maximum atomic E-state index is 14.4. The molecule has 2 atom stereocenters. The highest BCUT2D eigenvalue weighted by molar-refractivity contribution is 5.88. The molecule has 0 saturated heterocycles. The number of carbonyl (C=O) groups is 2. The second kappa shape index (κ2) is 14.8. The number of aromatic nitrogens is 1. The molecule has 2 aromatic carbocycles. The van der Waals surface area contributed by atoms with Gasteiger partial charge in [-0.3, -0.25) is 9.78 Å². The smallest absolute Gasteiger partial charge is 0.407 e. The number of alkyl carbamates (subject to hydrolysis) is 1. The Morgan fingerprint density at radius 3 is 2.29 bits per heavy atom. The predicted octanol–water partition coefficient (Wildman–Crippen LogP) is 5.50. The van der Waals surface area contributed by atoms with Crippen LogP contribution >= 0.6 is 0 Å². The minimum atomic E-state index is -0.903. The van der Waals surface area contributed by atoms with Gasteiger partial charge in [-0.2, -0.15) is 0 Å². The second-order valence-electron chi connectivity index (χ2n) is 10.8. The monoisotopic (exact) mass is 565 g/mol. The summed E-state index contributed by atoms with van der Waals surface area (Å²) in [7, 11) is 1.28. The van der Waals surface area contributed by atoms with Gasteiger partial charge in [0, 0.05) is 44.0 Å². The number of hydrogen-bond acceptors (Lipinski definition) is 7. The number of hydrogen-bond donors (Lipinski definition) is 1. The van der Waals surface area contributed by atoms with Crippen LogP contribution in [-0.2, 0) is 32.0 Å². The van der Waals surface area contributed by atoms with Crippen LogP contribution in [0.3, 0.4) is 0 Å². The number of methoxy groups -OCH3 is 1. The number of pyridine rings is 1. The molecule has 0 aliphatic heterocycles. The fourth-order valence-corrected chi connectivity index (χ4v) is 4.62. The van der Waals surface area contributed by atoms with E-state index in [4.69, 9.17) is 18.9 Å². The summed E-state index contributed by atoms with van der Waals surface area (Å²) in [5, 5.41) is 4.71. The number of nitrogens with one attached hydrogen (secondary N) is 1. The lowest BCUT2D eigenvalue weighted by Gasteiger charge is -2.36. The number of rotatable bonds is 13. The third-order valence-corrected chi connectivity index (χ3v) is 6.50. The van der Waals surface area contributed by atoms with E-state index in [-0.39, 0.29) is 24.5 Å². The minimum Gasteiger partial charge on any atom is -0.488 e. The van der Waals surface area contributed by atoms with Crippen LogP contribution in [0.25, 0.3) is 10.8 Å². The molecule has 1 N–H and O–H groups in total. The third kappa shape index (κ3) is 9.16. The van der Waals surface area contributed by atoms with Crippen LogP contribution in [0, 0.1) is 0 Å². The van der Waals surface area contributed by atoms with E-state index in [1.54, 1.807) is 17.3 Å². The molecule has 2 amide bonds. The Hall–Kier alpha value is -3.69. The van der Waals surface area contributed by atoms with Gasteiger partial charge in [0.15, 0.2) is 6.29 Å². The summed E-state index contributed by atoms with van der Waals surface area (Å²) in [6.45, 7) is 12.7. The molecule has 0 radical (unpaired) electrons. The number of ether oxygens (including phenoxy) is 4. The van der Waals surface area contributed by atoms with Gasteiger partial charge in [-0.05, 0) is 76.3 Å². The summed E-state index contributed by atoms with van der Waals surface area (Å²) >= 11 is 0. The van der Waals surface area contributed by atoms with Crippen molar-refractivity contribution < 1.29 is 28.5 Å². The van der Waals surface area contributed by atoms with Gasteiger partial charge in [0.1, 0.15) is 17.4 Å². The summed E-state index contributed by atoms with van der Waals surface area (Å²) in [4.78, 5) is 32.7. The van der Waals surface area contributed by atoms with E-state index < -0.39 is 24.5 Å². The molecule has 3 rings (SSSR count). The van der Waals surface area contributed by atoms with Crippen LogP contribution in [0.2, 0.25) is 0 Å². The Morgan fingerprint density at radius 1 is 1.00 bits per heavy atom. The number of nitrogens with zero attached hydrogens (tertiary/aromatic N) is 2. The van der Waals surface area contributed by atoms with Gasteiger partial charge >= 0.3 is 6.09 Å². The molecule has 0 spiro atoms. The zero-order valence-electron chi connectivity index (χ0n) is 25.2. The van der Waals surface area contributed by atoms with Gasteiger partial charge in [-0.1, -0.05) is 30.3 Å². The van der Waals surface area contributed by atoms with Crippen LogP contribution < -0.4 is 10.1 Å². The number of carbonyl (C=O) groups excluding carboxylic acids is 2. The van der Waals surface area contributed by atoms with E-state index in [1.807, 2.05) is 90.1 Å². The van der Waals surface area contributed by atoms with Crippen LogP contribution in [0.5, 0.6) is 5.75 Å². The average Bonchev–Trinajstić information content (AvgIpc) is 2.95. The molecule has 0 bridgehead atoms. The number of benzene rings is 2. The van der Waals surface area contributed by atoms with E-state index in [0.29, 0.717) is 13.2 Å². The lowest BCUT2D eigenvalue weighted by Crippen LogP contribution is -2.55. The lowest BCUT2D eigenvalue weighted by atomic mass is 10.0. The number of fused-ring (bicyclic) bond motifs is 1. The molecule has 3 aromatic rings. The second-order valence-corrected chi connectivity index (χ2v) is 10.8. The minimum absolute atomic E-state index is 0.250. The third-order valence-electron chi connectivity index (χ3n) is 6.50. The van der Waals surface area contributed by atoms with Gasteiger partial charge in [0.2, 0.25) is 5.91 Å². The highest BCUT2D eigenvalue weighted by atomic mass is 16.7. The predicted molar refractivity (Wildman–Crippen MR) is 159 cm³/mol. The molecule has 9 heteroatoms. The van der Waals surface area contributed by atoms with Crippen molar-refractivity contribution in [2.24, 2.45) is 0 Å². The van der Waals surface area contributed by atoms with Crippen LogP contribution in [0.1, 0.15) is 52.7 Å². The maximum Gasteiger partial charge on any atom is 0.407 e. The normalized spacial score (nSPS) is 13.1. The van der Waals surface area contributed by atoms with E-state index in [9.17, 15) is 9.59 Å². The lowest BCUT2D eigenvalue weighted by molar-refractivity contribution is -0.179. The Balaban J connectivity index is 1.98. The van der Waals surface area contributed by atoms with Gasteiger partial charge in [-0.15, -0.1) is 0 Å². The fraction of sp³-hybridized carbons (Fsp3) is 0.469. The molecule has 0 saturated carbocycles. The average molecular weight is 566 g/mol. The first-order chi connectivity index (χ1) is 19.6. The summed E-state index contributed by atoms with van der Waals surface area (Å²) in [5.74, 6) is 0.440. The quantitative estimate of drug-likeness (QED) is 0.273. The zero-order valence-corrected chi connectivity index (χ0v) is 25.2. The van der Waals surface area contributed by atoms with Crippen LogP contribution in [-0.4, -0.2) is 66.2 Å². The van der Waals surface area contributed by atoms with E-state index in [0.717, 1.165) is 27.6 Å². The molecule has 222 valence electrons. The van der Waals surface area contributed by atoms with Crippen molar-refractivity contribution in [2.45, 2.75) is 78.5 Å². The maximum absolute atomic E-state index is 14.4. The van der Waals surface area contributed by atoms with Crippen molar-refractivity contribution >= 4 is 22.8 Å². The van der Waals surface area contributed by atoms with Crippen molar-refractivity contribution in [1.82, 2.24) is 15.2 Å². The molecule has 0 aliphatic carbocycles. The Labute approximate surface area is 243 Å². The Morgan fingerprint density at radius 2 is 1.68 bits per heavy atom. The molecule has 1 aromatic heterocycles. The molecule has 1 heterocycles. The van der Waals surface area contributed by atoms with Gasteiger partial charge < -0.3 is 29.2 Å². The van der Waals surface area contributed by atoms with E-state index in [2.05, 4.69) is 10.3 Å². The van der Waals surface area contributed by atoms with E-state index >= 15 is 0 Å². The number of amides is 2. The molecular weight excluding hydrogens is 522 g/mol. The zero-order chi connectivity index (χ0) is 30.0. The molecule has 9 nitrogen and oxygen atoms in total. The first-order valence-corrected chi connectivity index (χ1v) is 14.0. The molecule has 0 fully saturated rings. The molecule has 41 heavy (non-hydrogen) atoms. The standard InChI is InChI=1S/C32H43N3O6/c1-8-39-30(40-9-2)22(3)35(21-25-12-10-11-24-20-33-18-17-27(24)25)29(36)28(34-31(37)38-7)19-23-13-15-26(16-14-23)41-32(4,5)6/h10-18,20,22,28,30H,8-9,19,21H2,1-7H3,(H,34,37)/t22-,28-/m0/s1. The summed E-state index contributed by atoms with van der Waals surface area (Å²) in [5.41, 5.74) is 1.46. The van der Waals surface area contributed by atoms with Crippen LogP contribution in [0.4, 0.5) is 4.79 Å². The van der Waals surface area contributed by atoms with E-state index in [1.165, 1.54) is 7.11 Å².